The number of carbonyl (C=O) groups is 4. The molecule has 0 saturated carbocycles. The Bertz CT molecular complexity index is 1500. The Kier molecular flexibility index (Phi) is 11.7. The van der Waals surface area contributed by atoms with Crippen LogP contribution in [0.2, 0.25) is 0 Å². The number of amides is 4. The molecular formula is C39H58N6O4. The van der Waals surface area contributed by atoms with Crippen molar-refractivity contribution in [3.63, 3.8) is 0 Å². The summed E-state index contributed by atoms with van der Waals surface area (Å²) in [5.41, 5.74) is 0.244. The number of piperidine rings is 1. The van der Waals surface area contributed by atoms with Crippen molar-refractivity contribution in [2.24, 2.45) is 11.3 Å². The van der Waals surface area contributed by atoms with E-state index in [9.17, 15) is 19.2 Å². The zero-order chi connectivity index (χ0) is 35.5. The predicted octanol–water partition coefficient (Wildman–Crippen LogP) is 4.73. The van der Waals surface area contributed by atoms with Gasteiger partial charge in [0.25, 0.3) is 0 Å². The van der Waals surface area contributed by atoms with Gasteiger partial charge in [-0.2, -0.15) is 0 Å². The van der Waals surface area contributed by atoms with E-state index in [1.54, 1.807) is 9.80 Å². The van der Waals surface area contributed by atoms with Crippen LogP contribution in [0.15, 0.2) is 42.5 Å². The lowest BCUT2D eigenvalue weighted by Crippen LogP contribution is -2.61. The minimum atomic E-state index is -0.677. The Morgan fingerprint density at radius 3 is 2.20 bits per heavy atom. The second-order valence-electron chi connectivity index (χ2n) is 16.0. The molecule has 4 amide bonds. The van der Waals surface area contributed by atoms with E-state index in [-0.39, 0.29) is 47.7 Å². The normalized spacial score (nSPS) is 23.4. The van der Waals surface area contributed by atoms with Gasteiger partial charge in [0.15, 0.2) is 0 Å². The van der Waals surface area contributed by atoms with Crippen molar-refractivity contribution in [1.82, 2.24) is 24.9 Å². The average molecular weight is 675 g/mol. The van der Waals surface area contributed by atoms with Crippen molar-refractivity contribution in [3.8, 4) is 0 Å². The molecule has 2 aromatic carbocycles. The molecule has 2 N–H and O–H groups in total. The summed E-state index contributed by atoms with van der Waals surface area (Å²) in [6, 6.07) is 12.0. The Balaban J connectivity index is 1.25. The molecule has 268 valence electrons. The largest absolute Gasteiger partial charge is 0.342 e. The minimum absolute atomic E-state index is 0.00146. The monoisotopic (exact) mass is 674 g/mol. The van der Waals surface area contributed by atoms with E-state index < -0.39 is 17.5 Å². The van der Waals surface area contributed by atoms with E-state index in [4.69, 9.17) is 0 Å². The Morgan fingerprint density at radius 2 is 1.51 bits per heavy atom. The van der Waals surface area contributed by atoms with E-state index >= 15 is 0 Å². The lowest BCUT2D eigenvalue weighted by atomic mass is 9.84. The highest BCUT2D eigenvalue weighted by molar-refractivity contribution is 6.00. The molecule has 10 heteroatoms. The molecule has 0 spiro atoms. The van der Waals surface area contributed by atoms with Crippen LogP contribution in [0.3, 0.4) is 0 Å². The molecule has 3 aliphatic heterocycles. The molecule has 10 nitrogen and oxygen atoms in total. The van der Waals surface area contributed by atoms with Gasteiger partial charge in [0, 0.05) is 31.9 Å². The molecule has 0 aliphatic carbocycles. The van der Waals surface area contributed by atoms with E-state index in [2.05, 4.69) is 34.3 Å². The SMILES string of the molecule is CC(C)[C@@H](CN1CCCC1C(=O)N1CCCC1C(=O)Nc1ccc2ccccc2c1)N(C)C(=O)C(NC(=O)C1CCCCN1C)C(C)(C)C. The molecule has 5 rings (SSSR count). The number of hydrogen-bond acceptors (Lipinski definition) is 6. The van der Waals surface area contributed by atoms with Gasteiger partial charge in [0.1, 0.15) is 12.1 Å². The zero-order valence-corrected chi connectivity index (χ0v) is 30.7. The van der Waals surface area contributed by atoms with Crippen molar-refractivity contribution in [2.45, 2.75) is 110 Å². The van der Waals surface area contributed by atoms with Crippen molar-refractivity contribution >= 4 is 40.1 Å². The number of fused-ring (bicyclic) bond motifs is 1. The highest BCUT2D eigenvalue weighted by atomic mass is 16.2. The predicted molar refractivity (Wildman–Crippen MR) is 195 cm³/mol. The third-order valence-electron chi connectivity index (χ3n) is 11.0. The number of likely N-dealkylation sites (tertiary alicyclic amines) is 3. The molecule has 3 heterocycles. The number of benzene rings is 2. The first-order valence-electron chi connectivity index (χ1n) is 18.4. The van der Waals surface area contributed by atoms with Crippen LogP contribution in [-0.2, 0) is 19.2 Å². The molecule has 3 saturated heterocycles. The van der Waals surface area contributed by atoms with Crippen LogP contribution in [-0.4, -0.2) is 114 Å². The van der Waals surface area contributed by atoms with E-state index in [0.717, 1.165) is 68.1 Å². The summed E-state index contributed by atoms with van der Waals surface area (Å²) in [6.45, 7) is 13.0. The number of anilines is 1. The van der Waals surface area contributed by atoms with E-state index in [1.165, 1.54) is 0 Å². The summed E-state index contributed by atoms with van der Waals surface area (Å²) in [5.74, 6) is -0.212. The second kappa shape index (κ2) is 15.6. The maximum atomic E-state index is 14.2. The van der Waals surface area contributed by atoms with Crippen molar-refractivity contribution in [2.75, 3.05) is 45.6 Å². The van der Waals surface area contributed by atoms with Crippen molar-refractivity contribution < 1.29 is 19.2 Å². The van der Waals surface area contributed by atoms with Gasteiger partial charge in [0.05, 0.1) is 12.1 Å². The van der Waals surface area contributed by atoms with Gasteiger partial charge in [0.2, 0.25) is 23.6 Å². The number of nitrogens with one attached hydrogen (secondary N) is 2. The summed E-state index contributed by atoms with van der Waals surface area (Å²) < 4.78 is 0. The first kappa shape index (κ1) is 36.8. The number of likely N-dealkylation sites (N-methyl/N-ethyl adjacent to an activating group) is 2. The fourth-order valence-electron chi connectivity index (χ4n) is 7.99. The molecule has 5 atom stereocenters. The fourth-order valence-corrected chi connectivity index (χ4v) is 7.99. The third-order valence-corrected chi connectivity index (χ3v) is 11.0. The van der Waals surface area contributed by atoms with Gasteiger partial charge in [-0.15, -0.1) is 0 Å². The number of carbonyl (C=O) groups excluding carboxylic acids is 4. The molecule has 0 radical (unpaired) electrons. The summed E-state index contributed by atoms with van der Waals surface area (Å²) in [7, 11) is 3.82. The molecule has 0 aromatic heterocycles. The van der Waals surface area contributed by atoms with Gasteiger partial charge in [-0.05, 0) is 92.9 Å². The highest BCUT2D eigenvalue weighted by Crippen LogP contribution is 2.29. The first-order valence-corrected chi connectivity index (χ1v) is 18.4. The van der Waals surface area contributed by atoms with Crippen LogP contribution in [0.25, 0.3) is 10.8 Å². The van der Waals surface area contributed by atoms with Crippen LogP contribution in [0.5, 0.6) is 0 Å². The van der Waals surface area contributed by atoms with Crippen LogP contribution >= 0.6 is 0 Å². The van der Waals surface area contributed by atoms with E-state index in [0.29, 0.717) is 19.5 Å². The summed E-state index contributed by atoms with van der Waals surface area (Å²) in [4.78, 5) is 63.3. The molecular weight excluding hydrogens is 616 g/mol. The topological polar surface area (TPSA) is 105 Å². The smallest absolute Gasteiger partial charge is 0.247 e. The quantitative estimate of drug-likeness (QED) is 0.378. The van der Waals surface area contributed by atoms with Gasteiger partial charge in [-0.3, -0.25) is 29.0 Å². The Morgan fingerprint density at radius 1 is 0.837 bits per heavy atom. The summed E-state index contributed by atoms with van der Waals surface area (Å²) in [6.07, 6.45) is 5.93. The van der Waals surface area contributed by atoms with Crippen molar-refractivity contribution in [3.05, 3.63) is 42.5 Å². The average Bonchev–Trinajstić information content (AvgIpc) is 3.75. The lowest BCUT2D eigenvalue weighted by molar-refractivity contribution is -0.143. The lowest BCUT2D eigenvalue weighted by Gasteiger charge is -2.41. The fraction of sp³-hybridized carbons (Fsp3) is 0.641. The van der Waals surface area contributed by atoms with Crippen LogP contribution < -0.4 is 10.6 Å². The minimum Gasteiger partial charge on any atom is -0.342 e. The summed E-state index contributed by atoms with van der Waals surface area (Å²) in [5, 5.41) is 8.38. The summed E-state index contributed by atoms with van der Waals surface area (Å²) >= 11 is 0. The van der Waals surface area contributed by atoms with Gasteiger partial charge in [-0.1, -0.05) is 71.4 Å². The zero-order valence-electron chi connectivity index (χ0n) is 30.7. The van der Waals surface area contributed by atoms with Crippen LogP contribution in [0, 0.1) is 11.3 Å². The molecule has 2 aromatic rings. The second-order valence-corrected chi connectivity index (χ2v) is 16.0. The number of hydrogen-bond donors (Lipinski definition) is 2. The van der Waals surface area contributed by atoms with Crippen LogP contribution in [0.4, 0.5) is 5.69 Å². The van der Waals surface area contributed by atoms with Gasteiger partial charge >= 0.3 is 0 Å². The Labute approximate surface area is 292 Å². The van der Waals surface area contributed by atoms with Crippen molar-refractivity contribution in [1.29, 1.82) is 0 Å². The highest BCUT2D eigenvalue weighted by Gasteiger charge is 2.43. The molecule has 0 bridgehead atoms. The van der Waals surface area contributed by atoms with E-state index in [1.807, 2.05) is 77.3 Å². The molecule has 3 aliphatic rings. The molecule has 49 heavy (non-hydrogen) atoms. The first-order chi connectivity index (χ1) is 23.3. The molecule has 4 unspecified atom stereocenters. The maximum Gasteiger partial charge on any atom is 0.247 e. The van der Waals surface area contributed by atoms with Crippen LogP contribution in [0.1, 0.15) is 79.6 Å². The standard InChI is InChI=1S/C39H58N6O4/c1-26(2)33(43(7)38(49)34(39(3,4)5)41-35(46)30-16-10-11-21-42(30)6)25-44-22-12-18-32(44)37(48)45-23-13-17-31(45)36(47)40-29-20-19-27-14-8-9-15-28(27)24-29/h8-9,14-15,19-20,24,26,30-34H,10-13,16-18,21-23,25H2,1-7H3,(H,40,47)(H,41,46)/t30?,31?,32?,33-,34?/m1/s1. The maximum absolute atomic E-state index is 14.2. The molecule has 3 fully saturated rings. The number of rotatable bonds is 10. The number of nitrogens with zero attached hydrogens (tertiary/aromatic N) is 4. The third kappa shape index (κ3) is 8.46. The van der Waals surface area contributed by atoms with Gasteiger partial charge in [-0.25, -0.2) is 0 Å². The Hall–Kier alpha value is -3.50. The van der Waals surface area contributed by atoms with Gasteiger partial charge < -0.3 is 20.4 Å².